The average Bonchev–Trinajstić information content (AvgIpc) is 2.53. The molecule has 0 unspecified atom stereocenters. The van der Waals surface area contributed by atoms with E-state index in [-0.39, 0.29) is 17.2 Å². The van der Waals surface area contributed by atoms with Crippen LogP contribution in [0.4, 0.5) is 4.39 Å². The molecule has 3 fully saturated rings. The molecule has 3 heteroatoms. The van der Waals surface area contributed by atoms with Gasteiger partial charge in [-0.15, -0.1) is 0 Å². The third-order valence-electron chi connectivity index (χ3n) is 8.41. The summed E-state index contributed by atoms with van der Waals surface area (Å²) in [4.78, 5) is 0. The Morgan fingerprint density at radius 3 is 2.23 bits per heavy atom. The first-order valence-corrected chi connectivity index (χ1v) is 10.3. The zero-order chi connectivity index (χ0) is 18.8. The Balaban J connectivity index is 1.65. The first kappa shape index (κ1) is 18.4. The summed E-state index contributed by atoms with van der Waals surface area (Å²) in [6.07, 6.45) is 7.36. The van der Waals surface area contributed by atoms with Crippen molar-refractivity contribution >= 4 is 0 Å². The smallest absolute Gasteiger partial charge is 0.123 e. The fraction of sp³-hybridized carbons (Fsp3) is 0.739. The third-order valence-corrected chi connectivity index (χ3v) is 8.41. The van der Waals surface area contributed by atoms with Crippen LogP contribution < -0.4 is 0 Å². The molecular weight excluding hydrogens is 327 g/mol. The number of hydrogen-bond donors (Lipinski definition) is 2. The molecule has 0 bridgehead atoms. The normalized spacial score (nSPS) is 44.8. The number of halogens is 1. The topological polar surface area (TPSA) is 40.5 Å². The van der Waals surface area contributed by atoms with E-state index in [1.165, 1.54) is 31.4 Å². The van der Waals surface area contributed by atoms with E-state index >= 15 is 0 Å². The minimum Gasteiger partial charge on any atom is -0.389 e. The summed E-state index contributed by atoms with van der Waals surface area (Å²) >= 11 is 0. The van der Waals surface area contributed by atoms with Gasteiger partial charge in [0.15, 0.2) is 0 Å². The van der Waals surface area contributed by atoms with Crippen molar-refractivity contribution in [1.82, 2.24) is 0 Å². The van der Waals surface area contributed by atoms with Crippen LogP contribution in [0.25, 0.3) is 0 Å². The molecule has 0 saturated heterocycles. The van der Waals surface area contributed by atoms with Crippen LogP contribution >= 0.6 is 0 Å². The Bertz CT molecular complexity index is 684. The van der Waals surface area contributed by atoms with Gasteiger partial charge < -0.3 is 10.2 Å². The SMILES string of the molecule is CC1(C)CCC[C@@]2(C)[C@H]1CC[C@@]1(O)C[C@@](O)(c3ccc(F)cc3)CC[C@@H]12. The van der Waals surface area contributed by atoms with Gasteiger partial charge >= 0.3 is 0 Å². The van der Waals surface area contributed by atoms with Crippen molar-refractivity contribution in [1.29, 1.82) is 0 Å². The van der Waals surface area contributed by atoms with Crippen molar-refractivity contribution in [2.24, 2.45) is 22.7 Å². The molecular formula is C23H33FO2. The summed E-state index contributed by atoms with van der Waals surface area (Å²) in [5, 5.41) is 23.0. The van der Waals surface area contributed by atoms with Gasteiger partial charge in [0.1, 0.15) is 5.82 Å². The van der Waals surface area contributed by atoms with Crippen LogP contribution in [0.5, 0.6) is 0 Å². The Morgan fingerprint density at radius 1 is 0.885 bits per heavy atom. The molecule has 3 aliphatic carbocycles. The molecule has 0 heterocycles. The highest BCUT2D eigenvalue weighted by molar-refractivity contribution is 5.26. The van der Waals surface area contributed by atoms with E-state index in [2.05, 4.69) is 20.8 Å². The molecule has 0 radical (unpaired) electrons. The predicted octanol–water partition coefficient (Wildman–Crippen LogP) is 5.17. The molecule has 5 atom stereocenters. The molecule has 3 aliphatic rings. The van der Waals surface area contributed by atoms with Crippen LogP contribution in [0, 0.1) is 28.5 Å². The Labute approximate surface area is 156 Å². The lowest BCUT2D eigenvalue weighted by molar-refractivity contribution is -0.224. The van der Waals surface area contributed by atoms with Gasteiger partial charge in [-0.2, -0.15) is 0 Å². The van der Waals surface area contributed by atoms with Gasteiger partial charge in [-0.25, -0.2) is 4.39 Å². The van der Waals surface area contributed by atoms with Crippen LogP contribution in [-0.2, 0) is 5.60 Å². The largest absolute Gasteiger partial charge is 0.389 e. The van der Waals surface area contributed by atoms with Crippen molar-refractivity contribution < 1.29 is 14.6 Å². The van der Waals surface area contributed by atoms with Gasteiger partial charge in [-0.05, 0) is 78.9 Å². The zero-order valence-electron chi connectivity index (χ0n) is 16.4. The standard InChI is InChI=1S/C23H33FO2/c1-20(2)11-4-12-21(3)18(20)9-14-23(26)15-22(25,13-10-19(21)23)16-5-7-17(24)8-6-16/h5-8,18-19,25-26H,4,9-15H2,1-3H3/t18-,19+,21-,22+,23+/m0/s1. The lowest BCUT2D eigenvalue weighted by Crippen LogP contribution is -2.62. The number of hydrogen-bond acceptors (Lipinski definition) is 2. The molecule has 0 amide bonds. The van der Waals surface area contributed by atoms with E-state index in [0.29, 0.717) is 24.2 Å². The summed E-state index contributed by atoms with van der Waals surface area (Å²) < 4.78 is 13.3. The summed E-state index contributed by atoms with van der Waals surface area (Å²) in [7, 11) is 0. The number of aliphatic hydroxyl groups is 2. The molecule has 0 aliphatic heterocycles. The van der Waals surface area contributed by atoms with Crippen molar-refractivity contribution in [3.63, 3.8) is 0 Å². The number of fused-ring (bicyclic) bond motifs is 3. The van der Waals surface area contributed by atoms with Crippen LogP contribution in [0.15, 0.2) is 24.3 Å². The second-order valence-electron chi connectivity index (χ2n) is 10.3. The van der Waals surface area contributed by atoms with Crippen LogP contribution in [0.1, 0.15) is 77.7 Å². The molecule has 2 nitrogen and oxygen atoms in total. The van der Waals surface area contributed by atoms with E-state index < -0.39 is 11.2 Å². The average molecular weight is 361 g/mol. The minimum absolute atomic E-state index is 0.152. The Hall–Kier alpha value is -0.930. The van der Waals surface area contributed by atoms with Gasteiger partial charge in [0.25, 0.3) is 0 Å². The van der Waals surface area contributed by atoms with E-state index in [0.717, 1.165) is 24.8 Å². The number of benzene rings is 1. The highest BCUT2D eigenvalue weighted by Crippen LogP contribution is 2.66. The third kappa shape index (κ3) is 2.65. The van der Waals surface area contributed by atoms with Gasteiger partial charge in [0, 0.05) is 6.42 Å². The molecule has 0 spiro atoms. The molecule has 26 heavy (non-hydrogen) atoms. The monoisotopic (exact) mass is 360 g/mol. The molecule has 0 aromatic heterocycles. The summed E-state index contributed by atoms with van der Waals surface area (Å²) in [5.74, 6) is 0.599. The number of rotatable bonds is 1. The van der Waals surface area contributed by atoms with Crippen LogP contribution in [0.2, 0.25) is 0 Å². The lowest BCUT2D eigenvalue weighted by atomic mass is 9.42. The van der Waals surface area contributed by atoms with Crippen LogP contribution in [0.3, 0.4) is 0 Å². The maximum absolute atomic E-state index is 13.3. The maximum Gasteiger partial charge on any atom is 0.123 e. The lowest BCUT2D eigenvalue weighted by Gasteiger charge is -2.64. The van der Waals surface area contributed by atoms with Crippen molar-refractivity contribution in [3.8, 4) is 0 Å². The van der Waals surface area contributed by atoms with Gasteiger partial charge in [-0.3, -0.25) is 0 Å². The van der Waals surface area contributed by atoms with E-state index in [9.17, 15) is 14.6 Å². The summed E-state index contributed by atoms with van der Waals surface area (Å²) in [6.45, 7) is 7.20. The van der Waals surface area contributed by atoms with Gasteiger partial charge in [-0.1, -0.05) is 39.3 Å². The molecule has 2 N–H and O–H groups in total. The van der Waals surface area contributed by atoms with Crippen molar-refractivity contribution in [2.45, 2.75) is 83.3 Å². The van der Waals surface area contributed by atoms with Gasteiger partial charge in [0.2, 0.25) is 0 Å². The highest BCUT2D eigenvalue weighted by atomic mass is 19.1. The van der Waals surface area contributed by atoms with Gasteiger partial charge in [0.05, 0.1) is 11.2 Å². The van der Waals surface area contributed by atoms with Crippen molar-refractivity contribution in [3.05, 3.63) is 35.6 Å². The van der Waals surface area contributed by atoms with E-state index in [1.807, 2.05) is 0 Å². The zero-order valence-corrected chi connectivity index (χ0v) is 16.4. The first-order chi connectivity index (χ1) is 12.1. The maximum atomic E-state index is 13.3. The fourth-order valence-electron chi connectivity index (χ4n) is 7.28. The quantitative estimate of drug-likeness (QED) is 0.725. The Kier molecular flexibility index (Phi) is 4.10. The van der Waals surface area contributed by atoms with E-state index in [4.69, 9.17) is 0 Å². The van der Waals surface area contributed by atoms with Crippen LogP contribution in [-0.4, -0.2) is 15.8 Å². The second kappa shape index (κ2) is 5.78. The molecule has 1 aromatic carbocycles. The minimum atomic E-state index is -1.05. The highest BCUT2D eigenvalue weighted by Gasteiger charge is 2.62. The predicted molar refractivity (Wildman–Crippen MR) is 101 cm³/mol. The summed E-state index contributed by atoms with van der Waals surface area (Å²) in [5.41, 5.74) is -0.647. The van der Waals surface area contributed by atoms with E-state index in [1.54, 1.807) is 12.1 Å². The molecule has 4 rings (SSSR count). The molecule has 3 saturated carbocycles. The molecule has 1 aromatic rings. The Morgan fingerprint density at radius 2 is 1.54 bits per heavy atom. The fourth-order valence-corrected chi connectivity index (χ4v) is 7.28. The summed E-state index contributed by atoms with van der Waals surface area (Å²) in [6, 6.07) is 6.17. The first-order valence-electron chi connectivity index (χ1n) is 10.3. The molecule has 144 valence electrons. The van der Waals surface area contributed by atoms with Crippen molar-refractivity contribution in [2.75, 3.05) is 0 Å². The second-order valence-corrected chi connectivity index (χ2v) is 10.3.